The Morgan fingerprint density at radius 3 is 2.39 bits per heavy atom. The van der Waals surface area contributed by atoms with Crippen molar-refractivity contribution >= 4 is 5.69 Å². The number of piperazine rings is 1. The van der Waals surface area contributed by atoms with Crippen LogP contribution in [0.1, 0.15) is 64.0 Å². The zero-order valence-corrected chi connectivity index (χ0v) is 18.7. The van der Waals surface area contributed by atoms with E-state index >= 15 is 0 Å². The summed E-state index contributed by atoms with van der Waals surface area (Å²) in [4.78, 5) is 4.15. The normalized spacial score (nSPS) is 17.4. The lowest BCUT2D eigenvalue weighted by molar-refractivity contribution is -0.934. The van der Waals surface area contributed by atoms with Crippen LogP contribution in [0.4, 0.5) is 5.69 Å². The molecule has 1 aromatic heterocycles. The van der Waals surface area contributed by atoms with Gasteiger partial charge in [0.15, 0.2) is 6.04 Å². The van der Waals surface area contributed by atoms with E-state index in [0.717, 1.165) is 38.4 Å². The minimum absolute atomic E-state index is 0.103. The van der Waals surface area contributed by atoms with E-state index in [2.05, 4.69) is 87.1 Å². The number of aromatic nitrogens is 4. The van der Waals surface area contributed by atoms with Crippen LogP contribution in [0.3, 0.4) is 0 Å². The number of benzene rings is 1. The number of nitrogens with zero attached hydrogens (tertiary/aromatic N) is 5. The Morgan fingerprint density at radius 1 is 1.11 bits per heavy atom. The Morgan fingerprint density at radius 2 is 1.79 bits per heavy atom. The molecule has 6 heteroatoms. The highest BCUT2D eigenvalue weighted by molar-refractivity contribution is 5.55. The second kappa shape index (κ2) is 8.19. The van der Waals surface area contributed by atoms with Gasteiger partial charge in [-0.15, -0.1) is 5.10 Å². The fourth-order valence-corrected chi connectivity index (χ4v) is 4.26. The van der Waals surface area contributed by atoms with Gasteiger partial charge in [-0.05, 0) is 68.2 Å². The van der Waals surface area contributed by atoms with E-state index in [9.17, 15) is 0 Å². The van der Waals surface area contributed by atoms with Crippen LogP contribution in [0, 0.1) is 19.8 Å². The van der Waals surface area contributed by atoms with Gasteiger partial charge in [0.05, 0.1) is 31.7 Å². The molecule has 1 atom stereocenters. The highest BCUT2D eigenvalue weighted by atomic mass is 15.6. The lowest BCUT2D eigenvalue weighted by Gasteiger charge is -2.38. The standard InChI is InChI=1S/C22H36N6/c1-16(2)14-20(21-23-24-25-28(21)22(5,6)7)27-12-10-26(11-13-27)19-15-17(3)8-9-18(19)4/h8-9,15-16,20H,10-14H2,1-7H3/p+1/t20-/m1/s1. The van der Waals surface area contributed by atoms with Crippen molar-refractivity contribution in [1.29, 1.82) is 0 Å². The molecule has 1 fully saturated rings. The molecule has 28 heavy (non-hydrogen) atoms. The molecule has 1 N–H and O–H groups in total. The van der Waals surface area contributed by atoms with Crippen LogP contribution in [0.15, 0.2) is 18.2 Å². The van der Waals surface area contributed by atoms with Crippen LogP contribution in [-0.2, 0) is 5.54 Å². The molecule has 0 amide bonds. The summed E-state index contributed by atoms with van der Waals surface area (Å²) in [6.07, 6.45) is 1.11. The molecule has 2 aromatic rings. The predicted molar refractivity (Wildman–Crippen MR) is 114 cm³/mol. The molecule has 1 aliphatic heterocycles. The van der Waals surface area contributed by atoms with E-state index in [-0.39, 0.29) is 5.54 Å². The average Bonchev–Trinajstić information content (AvgIpc) is 3.12. The minimum atomic E-state index is -0.103. The molecule has 0 saturated carbocycles. The fourth-order valence-electron chi connectivity index (χ4n) is 4.26. The van der Waals surface area contributed by atoms with Gasteiger partial charge in [-0.25, -0.2) is 4.68 Å². The maximum atomic E-state index is 4.48. The monoisotopic (exact) mass is 385 g/mol. The van der Waals surface area contributed by atoms with Gasteiger partial charge in [0.25, 0.3) is 0 Å². The molecule has 1 saturated heterocycles. The average molecular weight is 386 g/mol. The summed E-state index contributed by atoms with van der Waals surface area (Å²) < 4.78 is 2.03. The van der Waals surface area contributed by atoms with Gasteiger partial charge >= 0.3 is 0 Å². The topological polar surface area (TPSA) is 51.3 Å². The van der Waals surface area contributed by atoms with E-state index in [1.807, 2.05) is 4.68 Å². The summed E-state index contributed by atoms with van der Waals surface area (Å²) in [6, 6.07) is 7.11. The van der Waals surface area contributed by atoms with Crippen molar-refractivity contribution in [3.8, 4) is 0 Å². The Balaban J connectivity index is 1.79. The van der Waals surface area contributed by atoms with E-state index in [4.69, 9.17) is 0 Å². The summed E-state index contributed by atoms with van der Waals surface area (Å²) in [5, 5.41) is 12.8. The van der Waals surface area contributed by atoms with E-state index < -0.39 is 0 Å². The third-order valence-electron chi connectivity index (χ3n) is 5.75. The molecule has 0 spiro atoms. The smallest absolute Gasteiger partial charge is 0.209 e. The third kappa shape index (κ3) is 4.54. The van der Waals surface area contributed by atoms with Crippen LogP contribution in [0.5, 0.6) is 0 Å². The number of hydrogen-bond donors (Lipinski definition) is 1. The number of hydrogen-bond acceptors (Lipinski definition) is 4. The first-order chi connectivity index (χ1) is 13.2. The first kappa shape index (κ1) is 20.8. The molecule has 1 aliphatic rings. The van der Waals surface area contributed by atoms with Crippen LogP contribution in [0.25, 0.3) is 0 Å². The lowest BCUT2D eigenvalue weighted by Crippen LogP contribution is -3.15. The Hall–Kier alpha value is -1.95. The van der Waals surface area contributed by atoms with Crippen molar-refractivity contribution in [1.82, 2.24) is 20.2 Å². The van der Waals surface area contributed by atoms with Crippen LogP contribution in [-0.4, -0.2) is 46.4 Å². The van der Waals surface area contributed by atoms with Crippen LogP contribution < -0.4 is 9.80 Å². The third-order valence-corrected chi connectivity index (χ3v) is 5.75. The largest absolute Gasteiger partial charge is 0.360 e. The highest BCUT2D eigenvalue weighted by Gasteiger charge is 2.35. The number of quaternary nitrogens is 1. The fraction of sp³-hybridized carbons (Fsp3) is 0.682. The quantitative estimate of drug-likeness (QED) is 0.859. The van der Waals surface area contributed by atoms with Crippen LogP contribution in [0.2, 0.25) is 0 Å². The van der Waals surface area contributed by atoms with Crippen LogP contribution >= 0.6 is 0 Å². The zero-order valence-electron chi connectivity index (χ0n) is 18.7. The minimum Gasteiger partial charge on any atom is -0.360 e. The van der Waals surface area contributed by atoms with Crippen molar-refractivity contribution in [2.45, 2.75) is 66.5 Å². The van der Waals surface area contributed by atoms with E-state index in [1.165, 1.54) is 16.8 Å². The van der Waals surface area contributed by atoms with Gasteiger partial charge in [-0.3, -0.25) is 0 Å². The molecule has 2 heterocycles. The number of anilines is 1. The summed E-state index contributed by atoms with van der Waals surface area (Å²) in [7, 11) is 0. The molecule has 0 aliphatic carbocycles. The maximum Gasteiger partial charge on any atom is 0.209 e. The van der Waals surface area contributed by atoms with Gasteiger partial charge in [-0.2, -0.15) is 0 Å². The molecule has 3 rings (SSSR count). The maximum absolute atomic E-state index is 4.48. The molecule has 154 valence electrons. The number of rotatable bonds is 5. The zero-order chi connectivity index (χ0) is 20.5. The van der Waals surface area contributed by atoms with Gasteiger partial charge in [0.2, 0.25) is 5.82 Å². The predicted octanol–water partition coefficient (Wildman–Crippen LogP) is 2.54. The second-order valence-electron chi connectivity index (χ2n) is 9.74. The number of aryl methyl sites for hydroxylation is 2. The van der Waals surface area contributed by atoms with Crippen molar-refractivity contribution in [2.24, 2.45) is 5.92 Å². The molecular formula is C22H37N6+. The summed E-state index contributed by atoms with van der Waals surface area (Å²) in [5.74, 6) is 1.65. The molecule has 0 bridgehead atoms. The summed E-state index contributed by atoms with van der Waals surface area (Å²) >= 11 is 0. The van der Waals surface area contributed by atoms with Crippen molar-refractivity contribution < 1.29 is 4.90 Å². The SMILES string of the molecule is Cc1ccc(C)c(N2CC[NH+]([C@H](CC(C)C)c3nnnn3C(C)(C)C)CC2)c1. The number of nitrogens with one attached hydrogen (secondary N) is 1. The molecule has 0 radical (unpaired) electrons. The first-order valence-corrected chi connectivity index (χ1v) is 10.6. The lowest BCUT2D eigenvalue weighted by atomic mass is 9.99. The van der Waals surface area contributed by atoms with Gasteiger partial charge < -0.3 is 9.80 Å². The summed E-state index contributed by atoms with van der Waals surface area (Å²) in [6.45, 7) is 19.9. The Kier molecular flexibility index (Phi) is 6.08. The van der Waals surface area contributed by atoms with E-state index in [0.29, 0.717) is 12.0 Å². The number of tetrazole rings is 1. The second-order valence-corrected chi connectivity index (χ2v) is 9.74. The van der Waals surface area contributed by atoms with Gasteiger partial charge in [0, 0.05) is 12.1 Å². The molecular weight excluding hydrogens is 348 g/mol. The Bertz CT molecular complexity index is 781. The molecule has 6 nitrogen and oxygen atoms in total. The first-order valence-electron chi connectivity index (χ1n) is 10.6. The highest BCUT2D eigenvalue weighted by Crippen LogP contribution is 2.24. The van der Waals surface area contributed by atoms with Crippen molar-refractivity contribution in [2.75, 3.05) is 31.1 Å². The molecule has 0 unspecified atom stereocenters. The van der Waals surface area contributed by atoms with Crippen molar-refractivity contribution in [3.63, 3.8) is 0 Å². The van der Waals surface area contributed by atoms with Gasteiger partial charge in [0.1, 0.15) is 0 Å². The van der Waals surface area contributed by atoms with Gasteiger partial charge in [-0.1, -0.05) is 26.0 Å². The Labute approximate surface area is 169 Å². The van der Waals surface area contributed by atoms with E-state index in [1.54, 1.807) is 4.90 Å². The van der Waals surface area contributed by atoms with Crippen molar-refractivity contribution in [3.05, 3.63) is 35.2 Å². The summed E-state index contributed by atoms with van der Waals surface area (Å²) in [5.41, 5.74) is 3.98. The molecule has 1 aromatic carbocycles.